The van der Waals surface area contributed by atoms with Gasteiger partial charge in [-0.05, 0) is 25.3 Å². The van der Waals surface area contributed by atoms with E-state index < -0.39 is 0 Å². The fourth-order valence-electron chi connectivity index (χ4n) is 3.25. The van der Waals surface area contributed by atoms with Gasteiger partial charge in [-0.3, -0.25) is 0 Å². The molecule has 0 aromatic heterocycles. The zero-order valence-corrected chi connectivity index (χ0v) is 15.8. The first-order valence-corrected chi connectivity index (χ1v) is 10.5. The summed E-state index contributed by atoms with van der Waals surface area (Å²) in [5.74, 6) is 0.790. The SMILES string of the molecule is CCNC1CCCCCCCCCCC1SC(C)C(C)C. The van der Waals surface area contributed by atoms with Gasteiger partial charge in [0, 0.05) is 16.5 Å². The Bertz CT molecular complexity index is 242. The van der Waals surface area contributed by atoms with Crippen LogP contribution in [0.15, 0.2) is 0 Å². The number of hydrogen-bond acceptors (Lipinski definition) is 2. The molecule has 0 radical (unpaired) electrons. The zero-order chi connectivity index (χ0) is 15.5. The van der Waals surface area contributed by atoms with Crippen molar-refractivity contribution in [1.82, 2.24) is 5.32 Å². The van der Waals surface area contributed by atoms with Gasteiger partial charge >= 0.3 is 0 Å². The van der Waals surface area contributed by atoms with E-state index in [2.05, 4.69) is 44.8 Å². The molecule has 0 saturated heterocycles. The molecule has 1 aliphatic rings. The molecular weight excluding hydrogens is 274 g/mol. The summed E-state index contributed by atoms with van der Waals surface area (Å²) in [6.45, 7) is 10.6. The van der Waals surface area contributed by atoms with Gasteiger partial charge in [0.25, 0.3) is 0 Å². The molecule has 0 spiro atoms. The minimum Gasteiger partial charge on any atom is -0.313 e. The molecule has 1 aliphatic carbocycles. The minimum atomic E-state index is 0.737. The lowest BCUT2D eigenvalue weighted by atomic mass is 9.97. The summed E-state index contributed by atoms with van der Waals surface area (Å²) in [6.07, 6.45) is 14.4. The van der Waals surface area contributed by atoms with Crippen LogP contribution >= 0.6 is 11.8 Å². The minimum absolute atomic E-state index is 0.737. The molecule has 0 heterocycles. The average Bonchev–Trinajstić information content (AvgIpc) is 2.44. The first-order valence-electron chi connectivity index (χ1n) is 9.54. The van der Waals surface area contributed by atoms with E-state index in [4.69, 9.17) is 0 Å². The van der Waals surface area contributed by atoms with Crippen LogP contribution in [-0.2, 0) is 0 Å². The molecule has 1 fully saturated rings. The molecule has 0 amide bonds. The van der Waals surface area contributed by atoms with Gasteiger partial charge in [-0.1, -0.05) is 79.1 Å². The van der Waals surface area contributed by atoms with Gasteiger partial charge in [-0.25, -0.2) is 0 Å². The summed E-state index contributed by atoms with van der Waals surface area (Å²) in [7, 11) is 0. The van der Waals surface area contributed by atoms with Gasteiger partial charge in [0.15, 0.2) is 0 Å². The van der Waals surface area contributed by atoms with Crippen LogP contribution in [0, 0.1) is 5.92 Å². The number of rotatable bonds is 5. The van der Waals surface area contributed by atoms with Crippen molar-refractivity contribution >= 4 is 11.8 Å². The van der Waals surface area contributed by atoms with Crippen LogP contribution < -0.4 is 5.32 Å². The largest absolute Gasteiger partial charge is 0.313 e. The van der Waals surface area contributed by atoms with Crippen molar-refractivity contribution < 1.29 is 0 Å². The summed E-state index contributed by atoms with van der Waals surface area (Å²) in [5, 5.41) is 5.41. The third-order valence-corrected chi connectivity index (χ3v) is 6.88. The number of hydrogen-bond donors (Lipinski definition) is 1. The summed E-state index contributed by atoms with van der Waals surface area (Å²) < 4.78 is 0. The van der Waals surface area contributed by atoms with Crippen molar-refractivity contribution in [3.8, 4) is 0 Å². The Morgan fingerprint density at radius 2 is 1.38 bits per heavy atom. The fraction of sp³-hybridized carbons (Fsp3) is 1.00. The van der Waals surface area contributed by atoms with E-state index in [0.29, 0.717) is 0 Å². The first-order chi connectivity index (χ1) is 10.1. The van der Waals surface area contributed by atoms with E-state index in [0.717, 1.165) is 29.0 Å². The second kappa shape index (κ2) is 11.8. The van der Waals surface area contributed by atoms with E-state index in [1.165, 1.54) is 64.2 Å². The van der Waals surface area contributed by atoms with Gasteiger partial charge in [0.05, 0.1) is 0 Å². The normalized spacial score (nSPS) is 27.9. The number of nitrogens with one attached hydrogen (secondary N) is 1. The molecular formula is C19H39NS. The maximum atomic E-state index is 3.81. The topological polar surface area (TPSA) is 12.0 Å². The third-order valence-electron chi connectivity index (χ3n) is 5.00. The highest BCUT2D eigenvalue weighted by Crippen LogP contribution is 2.31. The maximum Gasteiger partial charge on any atom is 0.0203 e. The number of thioether (sulfide) groups is 1. The fourth-order valence-corrected chi connectivity index (χ4v) is 4.84. The lowest BCUT2D eigenvalue weighted by molar-refractivity contribution is 0.418. The van der Waals surface area contributed by atoms with Gasteiger partial charge in [-0.2, -0.15) is 11.8 Å². The predicted molar refractivity (Wildman–Crippen MR) is 99.3 cm³/mol. The van der Waals surface area contributed by atoms with Crippen molar-refractivity contribution in [3.63, 3.8) is 0 Å². The molecule has 3 atom stereocenters. The van der Waals surface area contributed by atoms with Crippen molar-refractivity contribution in [1.29, 1.82) is 0 Å². The van der Waals surface area contributed by atoms with Crippen LogP contribution in [0.3, 0.4) is 0 Å². The smallest absolute Gasteiger partial charge is 0.0203 e. The highest BCUT2D eigenvalue weighted by molar-refractivity contribution is 8.00. The molecule has 0 aromatic rings. The molecule has 1 saturated carbocycles. The van der Waals surface area contributed by atoms with Gasteiger partial charge < -0.3 is 5.32 Å². The Morgan fingerprint density at radius 1 is 0.857 bits per heavy atom. The second-order valence-electron chi connectivity index (χ2n) is 7.19. The molecule has 0 aromatic carbocycles. The van der Waals surface area contributed by atoms with Gasteiger partial charge in [0.1, 0.15) is 0 Å². The van der Waals surface area contributed by atoms with E-state index in [9.17, 15) is 0 Å². The molecule has 0 aliphatic heterocycles. The zero-order valence-electron chi connectivity index (χ0n) is 15.0. The molecule has 1 N–H and O–H groups in total. The van der Waals surface area contributed by atoms with Crippen LogP contribution in [0.4, 0.5) is 0 Å². The van der Waals surface area contributed by atoms with E-state index in [1.54, 1.807) is 0 Å². The Kier molecular flexibility index (Phi) is 10.9. The molecule has 1 rings (SSSR count). The van der Waals surface area contributed by atoms with Crippen LogP contribution in [0.1, 0.15) is 91.9 Å². The van der Waals surface area contributed by atoms with E-state index in [-0.39, 0.29) is 0 Å². The molecule has 3 unspecified atom stereocenters. The molecule has 2 heteroatoms. The lowest BCUT2D eigenvalue weighted by Gasteiger charge is -2.31. The lowest BCUT2D eigenvalue weighted by Crippen LogP contribution is -2.39. The van der Waals surface area contributed by atoms with Gasteiger partial charge in [0.2, 0.25) is 0 Å². The van der Waals surface area contributed by atoms with Crippen LogP contribution in [-0.4, -0.2) is 23.1 Å². The first kappa shape index (κ1) is 19.4. The standard InChI is InChI=1S/C19H39NS/c1-5-20-18-14-12-10-8-6-7-9-11-13-15-19(18)21-17(4)16(2)3/h16-20H,5-15H2,1-4H3. The molecule has 126 valence electrons. The van der Waals surface area contributed by atoms with Crippen molar-refractivity contribution in [2.24, 2.45) is 5.92 Å². The quantitative estimate of drug-likeness (QED) is 0.665. The molecule has 21 heavy (non-hydrogen) atoms. The highest BCUT2D eigenvalue weighted by atomic mass is 32.2. The summed E-state index contributed by atoms with van der Waals surface area (Å²) >= 11 is 2.26. The summed E-state index contributed by atoms with van der Waals surface area (Å²) in [4.78, 5) is 0. The van der Waals surface area contributed by atoms with Gasteiger partial charge in [-0.15, -0.1) is 0 Å². The predicted octanol–water partition coefficient (Wildman–Crippen LogP) is 6.03. The monoisotopic (exact) mass is 313 g/mol. The maximum absolute atomic E-state index is 3.81. The second-order valence-corrected chi connectivity index (χ2v) is 8.81. The van der Waals surface area contributed by atoms with Crippen molar-refractivity contribution in [3.05, 3.63) is 0 Å². The van der Waals surface area contributed by atoms with Crippen LogP contribution in [0.25, 0.3) is 0 Å². The molecule has 1 nitrogen and oxygen atoms in total. The highest BCUT2D eigenvalue weighted by Gasteiger charge is 2.24. The Hall–Kier alpha value is 0.310. The third kappa shape index (κ3) is 8.50. The van der Waals surface area contributed by atoms with Crippen molar-refractivity contribution in [2.45, 2.75) is 108 Å². The summed E-state index contributed by atoms with van der Waals surface area (Å²) in [6, 6.07) is 0.737. The Balaban J connectivity index is 2.60. The van der Waals surface area contributed by atoms with Crippen LogP contribution in [0.5, 0.6) is 0 Å². The van der Waals surface area contributed by atoms with Crippen LogP contribution in [0.2, 0.25) is 0 Å². The Labute approximate surface area is 138 Å². The molecule has 0 bridgehead atoms. The van der Waals surface area contributed by atoms with E-state index in [1.807, 2.05) is 0 Å². The Morgan fingerprint density at radius 3 is 1.90 bits per heavy atom. The van der Waals surface area contributed by atoms with Crippen molar-refractivity contribution in [2.75, 3.05) is 6.54 Å². The average molecular weight is 314 g/mol. The summed E-state index contributed by atoms with van der Waals surface area (Å²) in [5.41, 5.74) is 0. The van der Waals surface area contributed by atoms with E-state index >= 15 is 0 Å².